The highest BCUT2D eigenvalue weighted by atomic mass is 16.5. The fraction of sp³-hybridized carbons (Fsp3) is 0.444. The van der Waals surface area contributed by atoms with Crippen LogP contribution in [-0.2, 0) is 20.7 Å². The summed E-state index contributed by atoms with van der Waals surface area (Å²) in [5, 5.41) is 9.33. The van der Waals surface area contributed by atoms with Crippen molar-refractivity contribution in [2.75, 3.05) is 44.0 Å². The Labute approximate surface area is 228 Å². The molecule has 0 unspecified atom stereocenters. The molecule has 1 aromatic carbocycles. The zero-order valence-electron chi connectivity index (χ0n) is 22.7. The van der Waals surface area contributed by atoms with Crippen LogP contribution in [0.3, 0.4) is 0 Å². The predicted molar refractivity (Wildman–Crippen MR) is 148 cm³/mol. The molecule has 1 aliphatic rings. The maximum absolute atomic E-state index is 12.3. The maximum Gasteiger partial charge on any atom is 0.271 e. The minimum absolute atomic E-state index is 0.0486. The number of carbonyl (C=O) groups is 3. The summed E-state index contributed by atoms with van der Waals surface area (Å²) in [7, 11) is 1.54. The van der Waals surface area contributed by atoms with E-state index in [1.165, 1.54) is 11.9 Å². The number of hydrogen-bond acceptors (Lipinski definition) is 9. The normalized spacial score (nSPS) is 14.1. The van der Waals surface area contributed by atoms with Gasteiger partial charge in [-0.25, -0.2) is 9.97 Å². The summed E-state index contributed by atoms with van der Waals surface area (Å²) in [5.41, 5.74) is 6.95. The highest BCUT2D eigenvalue weighted by Crippen LogP contribution is 2.26. The van der Waals surface area contributed by atoms with Gasteiger partial charge in [-0.15, -0.1) is 0 Å². The van der Waals surface area contributed by atoms with Crippen LogP contribution in [0.25, 0.3) is 0 Å². The molecule has 1 atom stereocenters. The molecular weight excluding hydrogens is 502 g/mol. The number of amides is 3. The summed E-state index contributed by atoms with van der Waals surface area (Å²) >= 11 is 0. The van der Waals surface area contributed by atoms with E-state index in [0.717, 1.165) is 18.9 Å². The van der Waals surface area contributed by atoms with Gasteiger partial charge in [0.15, 0.2) is 17.3 Å². The topological polar surface area (TPSA) is 161 Å². The van der Waals surface area contributed by atoms with Crippen molar-refractivity contribution in [2.24, 2.45) is 5.73 Å². The van der Waals surface area contributed by atoms with Crippen molar-refractivity contribution in [3.05, 3.63) is 48.3 Å². The Bertz CT molecular complexity index is 1180. The van der Waals surface area contributed by atoms with Gasteiger partial charge in [-0.1, -0.05) is 19.6 Å². The monoisotopic (exact) mass is 539 g/mol. The number of nitrogens with zero attached hydrogens (tertiary/aromatic N) is 3. The van der Waals surface area contributed by atoms with Crippen LogP contribution in [0.1, 0.15) is 42.9 Å². The van der Waals surface area contributed by atoms with Crippen molar-refractivity contribution >= 4 is 35.0 Å². The third-order valence-electron chi connectivity index (χ3n) is 6.35. The zero-order chi connectivity index (χ0) is 28.4. The van der Waals surface area contributed by atoms with E-state index in [2.05, 4.69) is 32.5 Å². The maximum atomic E-state index is 12.3. The lowest BCUT2D eigenvalue weighted by Crippen LogP contribution is -2.46. The van der Waals surface area contributed by atoms with Gasteiger partial charge in [0, 0.05) is 38.1 Å². The Morgan fingerprint density at radius 1 is 1.26 bits per heavy atom. The molecule has 5 N–H and O–H groups in total. The Balaban J connectivity index is 1.65. The summed E-state index contributed by atoms with van der Waals surface area (Å²) in [6.45, 7) is 8.81. The summed E-state index contributed by atoms with van der Waals surface area (Å²) in [6, 6.07) is 6.65. The molecule has 3 amide bonds. The zero-order valence-corrected chi connectivity index (χ0v) is 22.7. The molecule has 1 saturated heterocycles. The lowest BCUT2D eigenvalue weighted by molar-refractivity contribution is -0.135. The Morgan fingerprint density at radius 3 is 2.67 bits per heavy atom. The van der Waals surface area contributed by atoms with E-state index >= 15 is 0 Å². The predicted octanol–water partition coefficient (Wildman–Crippen LogP) is 2.00. The van der Waals surface area contributed by atoms with Crippen LogP contribution in [0.2, 0.25) is 0 Å². The van der Waals surface area contributed by atoms with Crippen molar-refractivity contribution in [1.29, 1.82) is 0 Å². The van der Waals surface area contributed by atoms with Crippen LogP contribution in [0.5, 0.6) is 5.75 Å². The standard InChI is InChI=1S/C27H37N7O5/c1-5-21-25(30-18-10-13-38-14-11-18)33-26(23(32-21)24(28)36)31-19-8-7-9-20(16-19)39-15-12-29-27(37)17(3)34(4)22(35)6-2/h6-9,16-18H,2,5,10-15H2,1,3-4H3,(H2,28,36)(H,29,37)(H2,30,31,33)/t17-/m0/s1. The minimum atomic E-state index is -0.685. The lowest BCUT2D eigenvalue weighted by Gasteiger charge is -2.25. The second-order valence-corrected chi connectivity index (χ2v) is 9.09. The first-order valence-electron chi connectivity index (χ1n) is 12.9. The lowest BCUT2D eigenvalue weighted by atomic mass is 10.1. The molecule has 39 heavy (non-hydrogen) atoms. The van der Waals surface area contributed by atoms with E-state index in [-0.39, 0.29) is 42.5 Å². The van der Waals surface area contributed by atoms with Gasteiger partial charge >= 0.3 is 0 Å². The SMILES string of the molecule is C=CC(=O)N(C)[C@@H](C)C(=O)NCCOc1cccc(Nc2nc(NC3CCOCC3)c(CC)nc2C(N)=O)c1. The van der Waals surface area contributed by atoms with E-state index in [4.69, 9.17) is 15.2 Å². The molecule has 2 aromatic rings. The van der Waals surface area contributed by atoms with E-state index in [1.54, 1.807) is 31.2 Å². The summed E-state index contributed by atoms with van der Waals surface area (Å²) < 4.78 is 11.2. The van der Waals surface area contributed by atoms with Crippen LogP contribution < -0.4 is 26.4 Å². The molecule has 12 heteroatoms. The number of likely N-dealkylation sites (N-methyl/N-ethyl adjacent to an activating group) is 1. The molecule has 1 aliphatic heterocycles. The molecular formula is C27H37N7O5. The molecule has 3 rings (SSSR count). The first-order valence-corrected chi connectivity index (χ1v) is 12.9. The number of aryl methyl sites for hydroxylation is 1. The van der Waals surface area contributed by atoms with Crippen LogP contribution in [-0.4, -0.2) is 78.1 Å². The molecule has 2 heterocycles. The number of anilines is 3. The smallest absolute Gasteiger partial charge is 0.271 e. The van der Waals surface area contributed by atoms with Crippen molar-refractivity contribution < 1.29 is 23.9 Å². The molecule has 0 radical (unpaired) electrons. The Hall–Kier alpha value is -4.19. The largest absolute Gasteiger partial charge is 0.492 e. The van der Waals surface area contributed by atoms with Gasteiger partial charge in [-0.3, -0.25) is 14.4 Å². The highest BCUT2D eigenvalue weighted by molar-refractivity contribution is 5.96. The number of rotatable bonds is 13. The molecule has 0 bridgehead atoms. The van der Waals surface area contributed by atoms with Crippen molar-refractivity contribution in [1.82, 2.24) is 20.2 Å². The molecule has 1 fully saturated rings. The molecule has 210 valence electrons. The summed E-state index contributed by atoms with van der Waals surface area (Å²) in [6.07, 6.45) is 3.45. The first-order chi connectivity index (χ1) is 18.7. The average Bonchev–Trinajstić information content (AvgIpc) is 2.94. The molecule has 1 aromatic heterocycles. The molecule has 0 saturated carbocycles. The van der Waals surface area contributed by atoms with E-state index in [1.807, 2.05) is 6.92 Å². The number of hydrogen-bond donors (Lipinski definition) is 4. The Kier molecular flexibility index (Phi) is 10.6. The fourth-order valence-electron chi connectivity index (χ4n) is 3.93. The second kappa shape index (κ2) is 14.1. The molecule has 0 spiro atoms. The quantitative estimate of drug-likeness (QED) is 0.220. The molecule has 12 nitrogen and oxygen atoms in total. The van der Waals surface area contributed by atoms with Gasteiger partial charge in [0.2, 0.25) is 11.8 Å². The van der Waals surface area contributed by atoms with E-state index in [9.17, 15) is 14.4 Å². The van der Waals surface area contributed by atoms with E-state index in [0.29, 0.717) is 42.6 Å². The van der Waals surface area contributed by atoms with Crippen molar-refractivity contribution in [2.45, 2.75) is 45.2 Å². The fourth-order valence-corrected chi connectivity index (χ4v) is 3.93. The first kappa shape index (κ1) is 29.4. The van der Waals surface area contributed by atoms with Gasteiger partial charge in [-0.2, -0.15) is 0 Å². The van der Waals surface area contributed by atoms with Gasteiger partial charge in [0.1, 0.15) is 18.4 Å². The van der Waals surface area contributed by atoms with Crippen LogP contribution in [0.4, 0.5) is 17.3 Å². The Morgan fingerprint density at radius 2 is 2.00 bits per heavy atom. The summed E-state index contributed by atoms with van der Waals surface area (Å²) in [4.78, 5) is 46.6. The number of nitrogens with one attached hydrogen (secondary N) is 3. The average molecular weight is 540 g/mol. The van der Waals surface area contributed by atoms with E-state index < -0.39 is 11.9 Å². The molecule has 0 aliphatic carbocycles. The van der Waals surface area contributed by atoms with Crippen molar-refractivity contribution in [3.8, 4) is 5.75 Å². The number of primary amides is 1. The van der Waals surface area contributed by atoms with Crippen LogP contribution in [0, 0.1) is 0 Å². The third kappa shape index (κ3) is 8.14. The number of benzene rings is 1. The summed E-state index contributed by atoms with van der Waals surface area (Å²) in [5.74, 6) is 0.0689. The highest BCUT2D eigenvalue weighted by Gasteiger charge is 2.22. The van der Waals surface area contributed by atoms with Gasteiger partial charge < -0.3 is 36.1 Å². The number of carbonyl (C=O) groups excluding carboxylic acids is 3. The number of aromatic nitrogens is 2. The minimum Gasteiger partial charge on any atom is -0.492 e. The number of ether oxygens (including phenoxy) is 2. The van der Waals surface area contributed by atoms with Gasteiger partial charge in [0.25, 0.3) is 5.91 Å². The third-order valence-corrected chi connectivity index (χ3v) is 6.35. The van der Waals surface area contributed by atoms with Gasteiger partial charge in [-0.05, 0) is 44.4 Å². The van der Waals surface area contributed by atoms with Crippen LogP contribution >= 0.6 is 0 Å². The van der Waals surface area contributed by atoms with Crippen LogP contribution in [0.15, 0.2) is 36.9 Å². The second-order valence-electron chi connectivity index (χ2n) is 9.09. The van der Waals surface area contributed by atoms with Crippen molar-refractivity contribution in [3.63, 3.8) is 0 Å². The van der Waals surface area contributed by atoms with Gasteiger partial charge in [0.05, 0.1) is 12.2 Å². The number of nitrogens with two attached hydrogens (primary N) is 1.